The molecule has 1 saturated heterocycles. The third kappa shape index (κ3) is 7.82. The molecule has 1 aromatic carbocycles. The summed E-state index contributed by atoms with van der Waals surface area (Å²) in [6.45, 7) is 14.1. The minimum absolute atomic E-state index is 0.0136. The molecule has 272 valence electrons. The molecule has 3 aliphatic rings. The van der Waals surface area contributed by atoms with Crippen molar-refractivity contribution in [2.45, 2.75) is 102 Å². The zero-order valence-electron chi connectivity index (χ0n) is 29.6. The van der Waals surface area contributed by atoms with Gasteiger partial charge in [-0.25, -0.2) is 18.2 Å². The van der Waals surface area contributed by atoms with E-state index in [0.717, 1.165) is 5.39 Å². The number of amides is 4. The average molecular weight is 714 g/mol. The molecule has 3 N–H and O–H groups in total. The molecule has 0 bridgehead atoms. The maximum atomic E-state index is 14.4. The van der Waals surface area contributed by atoms with Crippen molar-refractivity contribution in [3.05, 3.63) is 43.1 Å². The summed E-state index contributed by atoms with van der Waals surface area (Å²) in [5.74, 6) is -1.79. The molecule has 5 atom stereocenters. The molecule has 0 radical (unpaired) electrons. The lowest BCUT2D eigenvalue weighted by atomic mass is 9.85. The Morgan fingerprint density at radius 3 is 2.30 bits per heavy atom. The Morgan fingerprint density at radius 1 is 1.08 bits per heavy atom. The van der Waals surface area contributed by atoms with Crippen LogP contribution in [0.2, 0.25) is 0 Å². The Bertz CT molecular complexity index is 1800. The number of rotatable bonds is 11. The molecular weight excluding hydrogens is 666 g/mol. The van der Waals surface area contributed by atoms with Crippen molar-refractivity contribution in [2.75, 3.05) is 13.7 Å². The van der Waals surface area contributed by atoms with Crippen LogP contribution in [0.5, 0.6) is 11.6 Å². The predicted molar refractivity (Wildman–Crippen MR) is 185 cm³/mol. The van der Waals surface area contributed by atoms with Crippen LogP contribution in [-0.4, -0.2) is 90.3 Å². The number of aromatic nitrogens is 1. The van der Waals surface area contributed by atoms with Gasteiger partial charge in [-0.2, -0.15) is 0 Å². The van der Waals surface area contributed by atoms with E-state index in [1.54, 1.807) is 41.5 Å². The van der Waals surface area contributed by atoms with E-state index in [2.05, 4.69) is 26.9 Å². The number of nitrogens with one attached hydrogen (secondary N) is 3. The standard InChI is InChI=1S/C35H47N5O9S/c1-9-20-17-35(20,31(43)39-50(45,46)22-14-15-22)38-28(41)25-16-21(48-29-24-13-11-10-12-23(24)26(47-8)18-36-29)19-40(25)30(42)27(33(2,3)4)37-32(44)49-34(5,6)7/h9-13,18,20-22,25,27H,1,14-17,19H2,2-8H3,(H,37,44)(H,38,41)(H,39,43)/t20-,21-,25+,27-,35-/m1/s1. The molecule has 1 aliphatic heterocycles. The lowest BCUT2D eigenvalue weighted by Crippen LogP contribution is -2.60. The molecule has 50 heavy (non-hydrogen) atoms. The van der Waals surface area contributed by atoms with E-state index < -0.39 is 79.7 Å². The van der Waals surface area contributed by atoms with Crippen LogP contribution in [0.3, 0.4) is 0 Å². The van der Waals surface area contributed by atoms with Gasteiger partial charge in [0, 0.05) is 23.1 Å². The van der Waals surface area contributed by atoms with Crippen LogP contribution in [-0.2, 0) is 29.1 Å². The number of methoxy groups -OCH3 is 1. The van der Waals surface area contributed by atoms with E-state index >= 15 is 0 Å². The highest BCUT2D eigenvalue weighted by Gasteiger charge is 2.62. The number of hydrogen-bond acceptors (Lipinski definition) is 10. The minimum Gasteiger partial charge on any atom is -0.494 e. The Hall–Kier alpha value is -4.40. The first-order valence-corrected chi connectivity index (χ1v) is 18.2. The number of fused-ring (bicyclic) bond motifs is 1. The normalized spacial score (nSPS) is 24.1. The maximum absolute atomic E-state index is 14.4. The highest BCUT2D eigenvalue weighted by molar-refractivity contribution is 7.91. The Morgan fingerprint density at radius 2 is 1.74 bits per heavy atom. The number of likely N-dealkylation sites (tertiary alicyclic amines) is 1. The second kappa shape index (κ2) is 13.4. The number of nitrogens with zero attached hydrogens (tertiary/aromatic N) is 2. The van der Waals surface area contributed by atoms with Crippen molar-refractivity contribution in [2.24, 2.45) is 11.3 Å². The average Bonchev–Trinajstić information content (AvgIpc) is 3.95. The number of hydrogen-bond donors (Lipinski definition) is 3. The molecule has 1 aromatic heterocycles. The van der Waals surface area contributed by atoms with Gasteiger partial charge in [0.1, 0.15) is 35.1 Å². The van der Waals surface area contributed by atoms with Crippen LogP contribution in [0.25, 0.3) is 10.8 Å². The van der Waals surface area contributed by atoms with Gasteiger partial charge in [-0.05, 0) is 51.5 Å². The zero-order valence-corrected chi connectivity index (χ0v) is 30.4. The Labute approximate surface area is 292 Å². The van der Waals surface area contributed by atoms with Crippen LogP contribution in [0, 0.1) is 11.3 Å². The van der Waals surface area contributed by atoms with E-state index in [-0.39, 0.29) is 25.3 Å². The molecule has 4 amide bonds. The van der Waals surface area contributed by atoms with Crippen LogP contribution in [0.15, 0.2) is 43.1 Å². The van der Waals surface area contributed by atoms with Gasteiger partial charge in [0.05, 0.1) is 25.1 Å². The van der Waals surface area contributed by atoms with Gasteiger partial charge < -0.3 is 29.7 Å². The third-order valence-electron chi connectivity index (χ3n) is 9.09. The second-order valence-electron chi connectivity index (χ2n) is 15.3. The summed E-state index contributed by atoms with van der Waals surface area (Å²) < 4.78 is 44.7. The lowest BCUT2D eigenvalue weighted by molar-refractivity contribution is -0.143. The first-order valence-electron chi connectivity index (χ1n) is 16.7. The summed E-state index contributed by atoms with van der Waals surface area (Å²) in [5, 5.41) is 6.25. The molecule has 3 fully saturated rings. The quantitative estimate of drug-likeness (QED) is 0.293. The lowest BCUT2D eigenvalue weighted by Gasteiger charge is -2.36. The van der Waals surface area contributed by atoms with Crippen LogP contribution >= 0.6 is 0 Å². The van der Waals surface area contributed by atoms with E-state index in [9.17, 15) is 27.6 Å². The minimum atomic E-state index is -3.90. The highest BCUT2D eigenvalue weighted by Crippen LogP contribution is 2.45. The summed E-state index contributed by atoms with van der Waals surface area (Å²) in [4.78, 5) is 60.7. The fraction of sp³-hybridized carbons (Fsp3) is 0.571. The number of sulfonamides is 1. The van der Waals surface area contributed by atoms with E-state index in [1.165, 1.54) is 24.3 Å². The molecule has 0 unspecified atom stereocenters. The summed E-state index contributed by atoms with van der Waals surface area (Å²) in [5.41, 5.74) is -3.20. The van der Waals surface area contributed by atoms with Gasteiger partial charge in [0.15, 0.2) is 0 Å². The van der Waals surface area contributed by atoms with Crippen LogP contribution in [0.4, 0.5) is 4.79 Å². The van der Waals surface area contributed by atoms with Crippen molar-refractivity contribution in [1.29, 1.82) is 0 Å². The van der Waals surface area contributed by atoms with Gasteiger partial charge in [0.25, 0.3) is 5.91 Å². The molecule has 2 heterocycles. The highest BCUT2D eigenvalue weighted by atomic mass is 32.2. The molecule has 2 aromatic rings. The number of pyridine rings is 1. The predicted octanol–water partition coefficient (Wildman–Crippen LogP) is 3.20. The zero-order chi connectivity index (χ0) is 36.8. The molecule has 5 rings (SSSR count). The number of alkyl carbamates (subject to hydrolysis) is 1. The fourth-order valence-corrected chi connectivity index (χ4v) is 7.55. The topological polar surface area (TPSA) is 182 Å². The summed E-state index contributed by atoms with van der Waals surface area (Å²) in [6.07, 6.45) is 2.56. The first-order chi connectivity index (χ1) is 23.3. The largest absolute Gasteiger partial charge is 0.494 e. The van der Waals surface area contributed by atoms with Gasteiger partial charge in [-0.3, -0.25) is 19.1 Å². The number of carbonyl (C=O) groups excluding carboxylic acids is 4. The first kappa shape index (κ1) is 36.9. The van der Waals surface area contributed by atoms with Gasteiger partial charge in [-0.1, -0.05) is 45.0 Å². The fourth-order valence-electron chi connectivity index (χ4n) is 6.19. The van der Waals surface area contributed by atoms with Gasteiger partial charge in [0.2, 0.25) is 27.7 Å². The van der Waals surface area contributed by atoms with Crippen LogP contribution in [0.1, 0.15) is 67.2 Å². The molecular formula is C35H47N5O9S. The van der Waals surface area contributed by atoms with Gasteiger partial charge in [-0.15, -0.1) is 6.58 Å². The molecule has 14 nitrogen and oxygen atoms in total. The van der Waals surface area contributed by atoms with Crippen molar-refractivity contribution in [3.63, 3.8) is 0 Å². The van der Waals surface area contributed by atoms with E-state index in [0.29, 0.717) is 24.0 Å². The van der Waals surface area contributed by atoms with Gasteiger partial charge >= 0.3 is 6.09 Å². The second-order valence-corrected chi connectivity index (χ2v) is 17.2. The summed E-state index contributed by atoms with van der Waals surface area (Å²) >= 11 is 0. The monoisotopic (exact) mass is 713 g/mol. The molecule has 2 aliphatic carbocycles. The summed E-state index contributed by atoms with van der Waals surface area (Å²) in [6, 6.07) is 5.09. The van der Waals surface area contributed by atoms with E-state index in [1.807, 2.05) is 24.3 Å². The maximum Gasteiger partial charge on any atom is 0.408 e. The third-order valence-corrected chi connectivity index (χ3v) is 10.9. The molecule has 15 heteroatoms. The van der Waals surface area contributed by atoms with E-state index in [4.69, 9.17) is 14.2 Å². The van der Waals surface area contributed by atoms with Crippen LogP contribution < -0.4 is 24.8 Å². The van der Waals surface area contributed by atoms with Crippen molar-refractivity contribution in [1.82, 2.24) is 25.2 Å². The number of carbonyl (C=O) groups is 4. The number of ether oxygens (including phenoxy) is 3. The SMILES string of the molecule is C=C[C@@H]1C[C@]1(NC(=O)[C@@H]1C[C@@H](Oc2ncc(OC)c3ccccc23)CN1C(=O)[C@@H](NC(=O)OC(C)(C)C)C(C)(C)C)C(=O)NS(=O)(=O)C1CC1. The summed E-state index contributed by atoms with van der Waals surface area (Å²) in [7, 11) is -2.36. The van der Waals surface area contributed by atoms with Crippen molar-refractivity contribution < 1.29 is 41.8 Å². The Balaban J connectivity index is 1.45. The number of benzene rings is 1. The molecule has 2 saturated carbocycles. The smallest absolute Gasteiger partial charge is 0.408 e. The Kier molecular flexibility index (Phi) is 9.87. The molecule has 0 spiro atoms. The van der Waals surface area contributed by atoms with Crippen molar-refractivity contribution in [3.8, 4) is 11.6 Å². The van der Waals surface area contributed by atoms with Crippen molar-refractivity contribution >= 4 is 44.6 Å².